The molecule has 146 valence electrons. The third kappa shape index (κ3) is 3.99. The molecule has 2 rings (SSSR count). The maximum Gasteiger partial charge on any atom is 0.298 e. The minimum Gasteiger partial charge on any atom is -0.491 e. The molecule has 0 aliphatic carbocycles. The van der Waals surface area contributed by atoms with Gasteiger partial charge in [0.05, 0.1) is 23.3 Å². The van der Waals surface area contributed by atoms with Gasteiger partial charge < -0.3 is 14.5 Å². The van der Waals surface area contributed by atoms with Crippen molar-refractivity contribution in [3.63, 3.8) is 0 Å². The number of benzene rings is 1. The summed E-state index contributed by atoms with van der Waals surface area (Å²) in [6, 6.07) is 3.54. The highest BCUT2D eigenvalue weighted by atomic mass is 19.3. The lowest BCUT2D eigenvalue weighted by molar-refractivity contribution is -0.0723. The van der Waals surface area contributed by atoms with E-state index in [2.05, 4.69) is 10.2 Å². The summed E-state index contributed by atoms with van der Waals surface area (Å²) in [4.78, 5) is 0. The van der Waals surface area contributed by atoms with Crippen molar-refractivity contribution < 1.29 is 22.6 Å². The molecular formula is C19H27F3N2O2. The highest BCUT2D eigenvalue weighted by molar-refractivity contribution is 5.31. The Hall–Kier alpha value is -1.73. The van der Waals surface area contributed by atoms with E-state index >= 15 is 0 Å². The number of allylic oxidation sites excluding steroid dienone is 2. The van der Waals surface area contributed by atoms with E-state index in [-0.39, 0.29) is 17.7 Å². The lowest BCUT2D eigenvalue weighted by Crippen LogP contribution is -2.52. The summed E-state index contributed by atoms with van der Waals surface area (Å²) < 4.78 is 53.3. The molecule has 3 atom stereocenters. The molecule has 7 heteroatoms. The topological polar surface area (TPSA) is 33.7 Å². The van der Waals surface area contributed by atoms with Crippen molar-refractivity contribution in [3.05, 3.63) is 46.6 Å². The number of rotatable bonds is 6. The fourth-order valence-electron chi connectivity index (χ4n) is 3.07. The largest absolute Gasteiger partial charge is 0.491 e. The highest BCUT2D eigenvalue weighted by Crippen LogP contribution is 2.34. The molecule has 1 aromatic carbocycles. The van der Waals surface area contributed by atoms with E-state index in [1.807, 2.05) is 32.7 Å². The number of alkyl halides is 2. The van der Waals surface area contributed by atoms with Gasteiger partial charge in [-0.1, -0.05) is 12.1 Å². The van der Waals surface area contributed by atoms with E-state index in [1.165, 1.54) is 12.1 Å². The zero-order chi connectivity index (χ0) is 19.6. The van der Waals surface area contributed by atoms with Gasteiger partial charge in [0, 0.05) is 12.7 Å². The molecule has 0 bridgehead atoms. The molecule has 4 nitrogen and oxygen atoms in total. The Balaban J connectivity index is 2.30. The fraction of sp³-hybridized carbons (Fsp3) is 0.579. The van der Waals surface area contributed by atoms with Gasteiger partial charge in [-0.05, 0) is 40.7 Å². The smallest absolute Gasteiger partial charge is 0.298 e. The fourth-order valence-corrected chi connectivity index (χ4v) is 3.07. The summed E-state index contributed by atoms with van der Waals surface area (Å²) in [5, 5.41) is 1.91. The first-order valence-electron chi connectivity index (χ1n) is 8.65. The molecule has 0 aromatic heterocycles. The average molecular weight is 372 g/mol. The molecule has 1 aliphatic heterocycles. The lowest BCUT2D eigenvalue weighted by Gasteiger charge is -2.42. The van der Waals surface area contributed by atoms with Gasteiger partial charge in [-0.15, -0.1) is 0 Å². The normalized spacial score (nSPS) is 22.4. The van der Waals surface area contributed by atoms with Crippen LogP contribution in [0, 0.1) is 5.82 Å². The van der Waals surface area contributed by atoms with E-state index < -0.39 is 30.0 Å². The molecule has 26 heavy (non-hydrogen) atoms. The number of ether oxygens (including phenoxy) is 2. The third-order valence-corrected chi connectivity index (χ3v) is 4.87. The zero-order valence-electron chi connectivity index (χ0n) is 16.1. The second-order valence-electron chi connectivity index (χ2n) is 6.77. The molecule has 0 radical (unpaired) electrons. The van der Waals surface area contributed by atoms with E-state index in [0.717, 1.165) is 24.6 Å². The first-order chi connectivity index (χ1) is 12.1. The van der Waals surface area contributed by atoms with E-state index in [1.54, 1.807) is 6.92 Å². The van der Waals surface area contributed by atoms with Crippen LogP contribution >= 0.6 is 0 Å². The van der Waals surface area contributed by atoms with Gasteiger partial charge in [0.25, 0.3) is 5.92 Å². The van der Waals surface area contributed by atoms with Gasteiger partial charge >= 0.3 is 0 Å². The Labute approximate surface area is 152 Å². The second-order valence-corrected chi connectivity index (χ2v) is 6.77. The number of hydrazine groups is 1. The standard InChI is InChI=1S/C19H27F3N2O2/c1-11(23-24-12(2)14(4)26-15(5)13(24)3)16-8-7-9-17(18(16)20)19(21,22)10-25-6/h7-9,11-12,14,23H,10H2,1-6H3. The minimum absolute atomic E-state index is 0.00215. The first-order valence-corrected chi connectivity index (χ1v) is 8.65. The van der Waals surface area contributed by atoms with E-state index in [9.17, 15) is 13.2 Å². The molecule has 0 spiro atoms. The van der Waals surface area contributed by atoms with Crippen LogP contribution in [0.25, 0.3) is 0 Å². The van der Waals surface area contributed by atoms with Crippen LogP contribution in [0.2, 0.25) is 0 Å². The molecule has 3 unspecified atom stereocenters. The van der Waals surface area contributed by atoms with Crippen LogP contribution in [0.5, 0.6) is 0 Å². The van der Waals surface area contributed by atoms with Crippen LogP contribution in [-0.2, 0) is 15.4 Å². The minimum atomic E-state index is -3.39. The molecule has 0 amide bonds. The Morgan fingerprint density at radius 2 is 1.96 bits per heavy atom. The Morgan fingerprint density at radius 3 is 2.58 bits per heavy atom. The molecule has 0 fully saturated rings. The predicted molar refractivity (Wildman–Crippen MR) is 93.9 cm³/mol. The van der Waals surface area contributed by atoms with Crippen molar-refractivity contribution in [2.45, 2.75) is 58.7 Å². The van der Waals surface area contributed by atoms with Crippen LogP contribution in [0.3, 0.4) is 0 Å². The molecule has 1 aliphatic rings. The van der Waals surface area contributed by atoms with Crippen molar-refractivity contribution in [3.8, 4) is 0 Å². The Kier molecular flexibility index (Phi) is 6.24. The zero-order valence-corrected chi connectivity index (χ0v) is 16.1. The SMILES string of the molecule is COCC(F)(F)c1cccc(C(C)NN2C(C)=C(C)OC(C)C2C)c1F. The average Bonchev–Trinajstić information content (AvgIpc) is 2.56. The molecular weight excluding hydrogens is 345 g/mol. The quantitative estimate of drug-likeness (QED) is 0.798. The monoisotopic (exact) mass is 372 g/mol. The first kappa shape index (κ1) is 20.6. The summed E-state index contributed by atoms with van der Waals surface area (Å²) in [6.45, 7) is 8.58. The predicted octanol–water partition coefficient (Wildman–Crippen LogP) is 4.49. The molecule has 1 N–H and O–H groups in total. The Morgan fingerprint density at radius 1 is 1.31 bits per heavy atom. The van der Waals surface area contributed by atoms with Gasteiger partial charge in [-0.3, -0.25) is 0 Å². The molecule has 1 heterocycles. The molecule has 0 saturated heterocycles. The highest BCUT2D eigenvalue weighted by Gasteiger charge is 2.36. The molecule has 1 aromatic rings. The van der Waals surface area contributed by atoms with Crippen LogP contribution < -0.4 is 5.43 Å². The van der Waals surface area contributed by atoms with Crippen LogP contribution in [-0.4, -0.2) is 30.9 Å². The second kappa shape index (κ2) is 7.88. The third-order valence-electron chi connectivity index (χ3n) is 4.87. The van der Waals surface area contributed by atoms with E-state index in [4.69, 9.17) is 4.74 Å². The van der Waals surface area contributed by atoms with Gasteiger partial charge in [-0.2, -0.15) is 8.78 Å². The summed E-state index contributed by atoms with van der Waals surface area (Å²) in [6.07, 6.45) is -0.0550. The Bertz CT molecular complexity index is 679. The van der Waals surface area contributed by atoms with Crippen molar-refractivity contribution in [1.82, 2.24) is 10.4 Å². The van der Waals surface area contributed by atoms with Crippen molar-refractivity contribution in [2.24, 2.45) is 0 Å². The van der Waals surface area contributed by atoms with Crippen molar-refractivity contribution in [1.29, 1.82) is 0 Å². The van der Waals surface area contributed by atoms with Gasteiger partial charge in [0.2, 0.25) is 0 Å². The number of methoxy groups -OCH3 is 1. The van der Waals surface area contributed by atoms with Crippen LogP contribution in [0.15, 0.2) is 29.7 Å². The number of halogens is 3. The number of nitrogens with zero attached hydrogens (tertiary/aromatic N) is 1. The number of hydrogen-bond acceptors (Lipinski definition) is 4. The number of nitrogens with one attached hydrogen (secondary N) is 1. The van der Waals surface area contributed by atoms with Crippen molar-refractivity contribution >= 4 is 0 Å². The maximum atomic E-state index is 14.8. The summed E-state index contributed by atoms with van der Waals surface area (Å²) in [5.74, 6) is -3.53. The van der Waals surface area contributed by atoms with Crippen molar-refractivity contribution in [2.75, 3.05) is 13.7 Å². The van der Waals surface area contributed by atoms with E-state index in [0.29, 0.717) is 0 Å². The van der Waals surface area contributed by atoms with Gasteiger partial charge in [-0.25, -0.2) is 9.82 Å². The molecule has 0 saturated carbocycles. The van der Waals surface area contributed by atoms with Crippen LogP contribution in [0.1, 0.15) is 51.8 Å². The van der Waals surface area contributed by atoms with Gasteiger partial charge in [0.1, 0.15) is 24.3 Å². The summed E-state index contributed by atoms with van der Waals surface area (Å²) >= 11 is 0. The van der Waals surface area contributed by atoms with Gasteiger partial charge in [0.15, 0.2) is 0 Å². The summed E-state index contributed by atoms with van der Waals surface area (Å²) in [7, 11) is 1.16. The lowest BCUT2D eigenvalue weighted by atomic mass is 10.0. The summed E-state index contributed by atoms with van der Waals surface area (Å²) in [5.41, 5.74) is 3.63. The van der Waals surface area contributed by atoms with Crippen LogP contribution in [0.4, 0.5) is 13.2 Å². The maximum absolute atomic E-state index is 14.8. The number of hydrogen-bond donors (Lipinski definition) is 1.